The first kappa shape index (κ1) is 18.7. The number of nitrogens with zero attached hydrogens (tertiary/aromatic N) is 4. The lowest BCUT2D eigenvalue weighted by molar-refractivity contribution is 0.463. The van der Waals surface area contributed by atoms with Crippen LogP contribution in [0.15, 0.2) is 52.4 Å². The Morgan fingerprint density at radius 3 is 2.56 bits per heavy atom. The van der Waals surface area contributed by atoms with Crippen molar-refractivity contribution < 1.29 is 4.42 Å². The predicted molar refractivity (Wildman–Crippen MR) is 105 cm³/mol. The minimum Gasteiger partial charge on any atom is -0.444 e. The minimum absolute atomic E-state index is 0.504. The summed E-state index contributed by atoms with van der Waals surface area (Å²) in [5, 5.41) is 6.51. The largest absolute Gasteiger partial charge is 0.444 e. The normalized spacial score (nSPS) is 11.6. The van der Waals surface area contributed by atoms with Crippen molar-refractivity contribution in [1.29, 1.82) is 0 Å². The Kier molecular flexibility index (Phi) is 6.25. The van der Waals surface area contributed by atoms with Crippen LogP contribution in [0.5, 0.6) is 0 Å². The first-order valence-corrected chi connectivity index (χ1v) is 9.12. The zero-order chi connectivity index (χ0) is 19.1. The number of benzene rings is 1. The number of hydrogen-bond acceptors (Lipinski definition) is 4. The van der Waals surface area contributed by atoms with Gasteiger partial charge in [-0.05, 0) is 31.9 Å². The first-order valence-electron chi connectivity index (χ1n) is 9.12. The maximum atomic E-state index is 5.60. The Balaban J connectivity index is 1.57. The number of aliphatic imine (C=N–C) groups is 1. The van der Waals surface area contributed by atoms with Crippen molar-refractivity contribution in [1.82, 2.24) is 25.2 Å². The summed E-state index contributed by atoms with van der Waals surface area (Å²) in [7, 11) is 0. The fourth-order valence-corrected chi connectivity index (χ4v) is 2.63. The molecule has 0 radical (unpaired) electrons. The van der Waals surface area contributed by atoms with Crippen molar-refractivity contribution in [3.05, 3.63) is 71.5 Å². The molecule has 7 heteroatoms. The molecule has 2 N–H and O–H groups in total. The van der Waals surface area contributed by atoms with Gasteiger partial charge in [0.2, 0.25) is 5.89 Å². The number of imidazole rings is 1. The highest BCUT2D eigenvalue weighted by atomic mass is 16.4. The summed E-state index contributed by atoms with van der Waals surface area (Å²) in [6.45, 7) is 8.62. The summed E-state index contributed by atoms with van der Waals surface area (Å²) < 4.78 is 7.65. The van der Waals surface area contributed by atoms with Crippen LogP contribution in [-0.4, -0.2) is 27.0 Å². The average molecular weight is 366 g/mol. The molecule has 2 aromatic heterocycles. The molecule has 2 heterocycles. The number of aromatic nitrogens is 3. The molecule has 3 aromatic rings. The second kappa shape index (κ2) is 9.02. The topological polar surface area (TPSA) is 80.3 Å². The number of guanidine groups is 1. The van der Waals surface area contributed by atoms with Gasteiger partial charge in [0.1, 0.15) is 5.76 Å². The molecule has 27 heavy (non-hydrogen) atoms. The molecule has 0 amide bonds. The minimum atomic E-state index is 0.504. The van der Waals surface area contributed by atoms with Gasteiger partial charge in [-0.2, -0.15) is 0 Å². The van der Waals surface area contributed by atoms with Crippen molar-refractivity contribution >= 4 is 5.96 Å². The van der Waals surface area contributed by atoms with E-state index in [-0.39, 0.29) is 0 Å². The van der Waals surface area contributed by atoms with Gasteiger partial charge in [-0.3, -0.25) is 0 Å². The maximum absolute atomic E-state index is 5.60. The van der Waals surface area contributed by atoms with E-state index in [1.807, 2.05) is 37.9 Å². The van der Waals surface area contributed by atoms with Crippen molar-refractivity contribution in [2.45, 2.75) is 40.4 Å². The van der Waals surface area contributed by atoms with Crippen LogP contribution in [0.25, 0.3) is 0 Å². The van der Waals surface area contributed by atoms with Gasteiger partial charge in [0.05, 0.1) is 25.1 Å². The van der Waals surface area contributed by atoms with E-state index < -0.39 is 0 Å². The van der Waals surface area contributed by atoms with Crippen molar-refractivity contribution in [2.24, 2.45) is 4.99 Å². The molecule has 142 valence electrons. The van der Waals surface area contributed by atoms with E-state index in [2.05, 4.69) is 49.9 Å². The lowest BCUT2D eigenvalue weighted by Gasteiger charge is -2.10. The zero-order valence-corrected chi connectivity index (χ0v) is 16.1. The number of hydrogen-bond donors (Lipinski definition) is 2. The Bertz CT molecular complexity index is 845. The molecule has 3 rings (SSSR count). The smallest absolute Gasteiger partial charge is 0.214 e. The monoisotopic (exact) mass is 366 g/mol. The van der Waals surface area contributed by atoms with E-state index in [0.29, 0.717) is 19.0 Å². The molecular weight excluding hydrogens is 340 g/mol. The summed E-state index contributed by atoms with van der Waals surface area (Å²) in [6, 6.07) is 8.48. The third-order valence-electron chi connectivity index (χ3n) is 4.19. The van der Waals surface area contributed by atoms with Crippen LogP contribution in [0.1, 0.15) is 35.4 Å². The molecular formula is C20H26N6O. The van der Waals surface area contributed by atoms with Gasteiger partial charge in [-0.15, -0.1) is 0 Å². The highest BCUT2D eigenvalue weighted by molar-refractivity contribution is 5.79. The Morgan fingerprint density at radius 1 is 1.15 bits per heavy atom. The second-order valence-corrected chi connectivity index (χ2v) is 6.35. The fourth-order valence-electron chi connectivity index (χ4n) is 2.63. The quantitative estimate of drug-likeness (QED) is 0.496. The van der Waals surface area contributed by atoms with E-state index in [4.69, 9.17) is 4.42 Å². The van der Waals surface area contributed by atoms with Crippen LogP contribution in [0.2, 0.25) is 0 Å². The number of aryl methyl sites for hydroxylation is 2. The predicted octanol–water partition coefficient (Wildman–Crippen LogP) is 2.79. The average Bonchev–Trinajstić information content (AvgIpc) is 3.28. The van der Waals surface area contributed by atoms with Crippen LogP contribution in [0.4, 0.5) is 0 Å². The van der Waals surface area contributed by atoms with Gasteiger partial charge in [0.15, 0.2) is 5.96 Å². The molecule has 7 nitrogen and oxygen atoms in total. The Morgan fingerprint density at radius 2 is 1.93 bits per heavy atom. The first-order chi connectivity index (χ1) is 13.1. The third-order valence-corrected chi connectivity index (χ3v) is 4.19. The molecule has 0 unspecified atom stereocenters. The summed E-state index contributed by atoms with van der Waals surface area (Å²) in [5.41, 5.74) is 3.31. The van der Waals surface area contributed by atoms with E-state index in [1.165, 1.54) is 5.56 Å². The lowest BCUT2D eigenvalue weighted by atomic mass is 10.1. The van der Waals surface area contributed by atoms with Crippen LogP contribution in [0.3, 0.4) is 0 Å². The summed E-state index contributed by atoms with van der Waals surface area (Å²) in [6.07, 6.45) is 5.58. The van der Waals surface area contributed by atoms with Crippen LogP contribution < -0.4 is 10.6 Å². The van der Waals surface area contributed by atoms with E-state index in [0.717, 1.165) is 36.1 Å². The molecule has 1 aromatic carbocycles. The zero-order valence-electron chi connectivity index (χ0n) is 16.1. The fraction of sp³-hybridized carbons (Fsp3) is 0.350. The Labute approximate surface area is 159 Å². The molecule has 0 saturated heterocycles. The summed E-state index contributed by atoms with van der Waals surface area (Å²) in [5.74, 6) is 2.26. The molecule has 0 aliphatic rings. The van der Waals surface area contributed by atoms with Gasteiger partial charge < -0.3 is 19.6 Å². The molecule has 0 bridgehead atoms. The van der Waals surface area contributed by atoms with Gasteiger partial charge in [-0.25, -0.2) is 15.0 Å². The summed E-state index contributed by atoms with van der Waals surface area (Å²) in [4.78, 5) is 13.1. The molecule has 0 aliphatic heterocycles. The van der Waals surface area contributed by atoms with Gasteiger partial charge >= 0.3 is 0 Å². The maximum Gasteiger partial charge on any atom is 0.214 e. The van der Waals surface area contributed by atoms with Crippen LogP contribution >= 0.6 is 0 Å². The highest BCUT2D eigenvalue weighted by Crippen LogP contribution is 2.09. The molecule has 0 spiro atoms. The SMILES string of the molecule is CCNC(=NCc1ccc(Cn2ccnc2)cc1)NCc1nc(C)c(C)o1. The van der Waals surface area contributed by atoms with Crippen LogP contribution in [-0.2, 0) is 19.6 Å². The molecule has 0 fully saturated rings. The highest BCUT2D eigenvalue weighted by Gasteiger charge is 2.06. The van der Waals surface area contributed by atoms with Gasteiger partial charge in [0, 0.05) is 25.5 Å². The van der Waals surface area contributed by atoms with Crippen molar-refractivity contribution in [2.75, 3.05) is 6.54 Å². The van der Waals surface area contributed by atoms with E-state index in [9.17, 15) is 0 Å². The number of oxazole rings is 1. The van der Waals surface area contributed by atoms with Gasteiger partial charge in [0.25, 0.3) is 0 Å². The van der Waals surface area contributed by atoms with Crippen molar-refractivity contribution in [3.63, 3.8) is 0 Å². The van der Waals surface area contributed by atoms with E-state index >= 15 is 0 Å². The third kappa shape index (κ3) is 5.44. The number of rotatable bonds is 7. The standard InChI is InChI=1S/C20H26N6O/c1-4-22-20(24-12-19-25-15(2)16(3)27-19)23-11-17-5-7-18(8-6-17)13-26-10-9-21-14-26/h5-10,14H,4,11-13H2,1-3H3,(H2,22,23,24). The van der Waals surface area contributed by atoms with Gasteiger partial charge in [-0.1, -0.05) is 24.3 Å². The van der Waals surface area contributed by atoms with Crippen molar-refractivity contribution in [3.8, 4) is 0 Å². The summed E-state index contributed by atoms with van der Waals surface area (Å²) >= 11 is 0. The van der Waals surface area contributed by atoms with Crippen LogP contribution in [0, 0.1) is 13.8 Å². The Hall–Kier alpha value is -3.09. The molecule has 0 atom stereocenters. The second-order valence-electron chi connectivity index (χ2n) is 6.35. The molecule has 0 saturated carbocycles. The van der Waals surface area contributed by atoms with E-state index in [1.54, 1.807) is 6.20 Å². The lowest BCUT2D eigenvalue weighted by Crippen LogP contribution is -2.36. The number of nitrogens with one attached hydrogen (secondary N) is 2. The molecule has 0 aliphatic carbocycles.